The Balaban J connectivity index is 2.21. The predicted molar refractivity (Wildman–Crippen MR) is 69.2 cm³/mol. The number of rotatable bonds is 5. The van der Waals surface area contributed by atoms with E-state index in [0.717, 1.165) is 17.0 Å². The monoisotopic (exact) mass is 261 g/mol. The van der Waals surface area contributed by atoms with E-state index < -0.39 is 5.97 Å². The molecule has 0 spiro atoms. The van der Waals surface area contributed by atoms with Crippen LogP contribution in [0.1, 0.15) is 18.0 Å². The fourth-order valence-electron chi connectivity index (χ4n) is 1.78. The molecule has 1 N–H and O–H groups in total. The van der Waals surface area contributed by atoms with Crippen molar-refractivity contribution >= 4 is 5.97 Å². The van der Waals surface area contributed by atoms with E-state index in [-0.39, 0.29) is 6.42 Å². The van der Waals surface area contributed by atoms with Crippen LogP contribution in [0.25, 0.3) is 11.3 Å². The van der Waals surface area contributed by atoms with Gasteiger partial charge in [-0.1, -0.05) is 0 Å². The van der Waals surface area contributed by atoms with Gasteiger partial charge in [-0.3, -0.25) is 4.79 Å². The topological polar surface area (TPSA) is 72.6 Å². The van der Waals surface area contributed by atoms with Gasteiger partial charge in [-0.2, -0.15) is 0 Å². The number of oxazole rings is 1. The molecular weight excluding hydrogens is 246 g/mol. The lowest BCUT2D eigenvalue weighted by molar-refractivity contribution is -0.137. The minimum atomic E-state index is -0.859. The number of carboxylic acid groups (broad SMARTS) is 1. The minimum absolute atomic E-state index is 0.0159. The van der Waals surface area contributed by atoms with Crippen LogP contribution in [0.2, 0.25) is 0 Å². The molecule has 0 radical (unpaired) electrons. The first kappa shape index (κ1) is 13.1. The molecule has 100 valence electrons. The van der Waals surface area contributed by atoms with Crippen molar-refractivity contribution in [2.75, 3.05) is 7.11 Å². The molecule has 0 saturated carbocycles. The van der Waals surface area contributed by atoms with Gasteiger partial charge in [0.15, 0.2) is 11.7 Å². The number of carbonyl (C=O) groups is 1. The fourth-order valence-corrected chi connectivity index (χ4v) is 1.78. The van der Waals surface area contributed by atoms with Gasteiger partial charge in [0, 0.05) is 12.0 Å². The van der Waals surface area contributed by atoms with Gasteiger partial charge in [-0.05, 0) is 31.2 Å². The maximum atomic E-state index is 10.5. The van der Waals surface area contributed by atoms with Crippen LogP contribution in [0, 0.1) is 6.92 Å². The van der Waals surface area contributed by atoms with Crippen LogP contribution in [0.15, 0.2) is 28.7 Å². The lowest BCUT2D eigenvalue weighted by Gasteiger charge is -2.01. The van der Waals surface area contributed by atoms with Gasteiger partial charge in [0.1, 0.15) is 5.75 Å². The molecule has 0 bridgehead atoms. The number of aryl methyl sites for hydroxylation is 2. The highest BCUT2D eigenvalue weighted by molar-refractivity contribution is 5.67. The first-order valence-electron chi connectivity index (χ1n) is 5.92. The van der Waals surface area contributed by atoms with Crippen LogP contribution < -0.4 is 4.74 Å². The first-order valence-corrected chi connectivity index (χ1v) is 5.92. The molecule has 1 aromatic heterocycles. The van der Waals surface area contributed by atoms with Crippen LogP contribution in [0.4, 0.5) is 0 Å². The quantitative estimate of drug-likeness (QED) is 0.895. The van der Waals surface area contributed by atoms with E-state index in [4.69, 9.17) is 14.3 Å². The van der Waals surface area contributed by atoms with Crippen LogP contribution in [0.3, 0.4) is 0 Å². The van der Waals surface area contributed by atoms with Gasteiger partial charge in [0.2, 0.25) is 0 Å². The van der Waals surface area contributed by atoms with Crippen LogP contribution in [-0.4, -0.2) is 23.2 Å². The summed E-state index contributed by atoms with van der Waals surface area (Å²) in [7, 11) is 1.61. The molecule has 0 atom stereocenters. The van der Waals surface area contributed by atoms with Crippen molar-refractivity contribution < 1.29 is 19.1 Å². The third-order valence-corrected chi connectivity index (χ3v) is 2.75. The highest BCUT2D eigenvalue weighted by Crippen LogP contribution is 2.26. The molecule has 19 heavy (non-hydrogen) atoms. The maximum absolute atomic E-state index is 10.5. The Bertz CT molecular complexity index is 572. The highest BCUT2D eigenvalue weighted by Gasteiger charge is 2.12. The van der Waals surface area contributed by atoms with Gasteiger partial charge in [0.05, 0.1) is 19.2 Å². The molecular formula is C14H15NO4. The lowest BCUT2D eigenvalue weighted by atomic mass is 10.1. The largest absolute Gasteiger partial charge is 0.497 e. The normalized spacial score (nSPS) is 10.4. The Morgan fingerprint density at radius 3 is 2.63 bits per heavy atom. The summed E-state index contributed by atoms with van der Waals surface area (Å²) >= 11 is 0. The number of benzene rings is 1. The van der Waals surface area contributed by atoms with E-state index >= 15 is 0 Å². The molecule has 0 fully saturated rings. The predicted octanol–water partition coefficient (Wildman–Crippen LogP) is 2.68. The van der Waals surface area contributed by atoms with Crippen molar-refractivity contribution in [1.82, 2.24) is 4.98 Å². The highest BCUT2D eigenvalue weighted by atomic mass is 16.5. The van der Waals surface area contributed by atoms with E-state index in [1.807, 2.05) is 31.2 Å². The fraction of sp³-hybridized carbons (Fsp3) is 0.286. The van der Waals surface area contributed by atoms with E-state index in [1.165, 1.54) is 0 Å². The van der Waals surface area contributed by atoms with Gasteiger partial charge >= 0.3 is 5.97 Å². The van der Waals surface area contributed by atoms with Crippen molar-refractivity contribution in [1.29, 1.82) is 0 Å². The Kier molecular flexibility index (Phi) is 3.85. The molecule has 0 aliphatic carbocycles. The van der Waals surface area contributed by atoms with E-state index in [9.17, 15) is 4.79 Å². The summed E-state index contributed by atoms with van der Waals surface area (Å²) in [6.07, 6.45) is 0.314. The minimum Gasteiger partial charge on any atom is -0.497 e. The van der Waals surface area contributed by atoms with Gasteiger partial charge in [0.25, 0.3) is 0 Å². The van der Waals surface area contributed by atoms with E-state index in [2.05, 4.69) is 4.98 Å². The molecule has 1 aromatic carbocycles. The second kappa shape index (κ2) is 5.56. The van der Waals surface area contributed by atoms with Gasteiger partial charge in [-0.25, -0.2) is 4.98 Å². The maximum Gasteiger partial charge on any atom is 0.303 e. The number of methoxy groups -OCH3 is 1. The molecule has 0 saturated heterocycles. The van der Waals surface area contributed by atoms with Gasteiger partial charge < -0.3 is 14.3 Å². The first-order chi connectivity index (χ1) is 9.10. The number of aliphatic carboxylic acids is 1. The van der Waals surface area contributed by atoms with Crippen LogP contribution >= 0.6 is 0 Å². The molecule has 0 amide bonds. The summed E-state index contributed by atoms with van der Waals surface area (Å²) in [5, 5.41) is 8.64. The number of ether oxygens (including phenoxy) is 1. The van der Waals surface area contributed by atoms with Crippen molar-refractivity contribution in [2.45, 2.75) is 19.8 Å². The van der Waals surface area contributed by atoms with Crippen LogP contribution in [0.5, 0.6) is 5.75 Å². The van der Waals surface area contributed by atoms with Crippen molar-refractivity contribution in [2.24, 2.45) is 0 Å². The summed E-state index contributed by atoms with van der Waals surface area (Å²) in [4.78, 5) is 14.8. The molecule has 1 heterocycles. The van der Waals surface area contributed by atoms with E-state index in [1.54, 1.807) is 7.11 Å². The summed E-state index contributed by atoms with van der Waals surface area (Å²) in [6, 6.07) is 7.45. The smallest absolute Gasteiger partial charge is 0.303 e. The molecule has 2 aromatic rings. The van der Waals surface area contributed by atoms with Gasteiger partial charge in [-0.15, -0.1) is 0 Å². The zero-order valence-corrected chi connectivity index (χ0v) is 10.8. The number of nitrogens with zero attached hydrogens (tertiary/aromatic N) is 1. The number of hydrogen-bond donors (Lipinski definition) is 1. The summed E-state index contributed by atoms with van der Waals surface area (Å²) in [5.74, 6) is 1.03. The zero-order chi connectivity index (χ0) is 13.8. The Morgan fingerprint density at radius 2 is 2.05 bits per heavy atom. The van der Waals surface area contributed by atoms with Crippen molar-refractivity contribution in [3.8, 4) is 17.1 Å². The summed E-state index contributed by atoms with van der Waals surface area (Å²) in [6.45, 7) is 1.84. The molecule has 0 aliphatic heterocycles. The zero-order valence-electron chi connectivity index (χ0n) is 10.8. The van der Waals surface area contributed by atoms with Crippen molar-refractivity contribution in [3.63, 3.8) is 0 Å². The third kappa shape index (κ3) is 3.13. The average molecular weight is 261 g/mol. The Labute approximate surface area is 110 Å². The lowest BCUT2D eigenvalue weighted by Crippen LogP contribution is -1.97. The second-order valence-electron chi connectivity index (χ2n) is 4.14. The van der Waals surface area contributed by atoms with Crippen molar-refractivity contribution in [3.05, 3.63) is 35.9 Å². The molecule has 0 aliphatic rings. The summed E-state index contributed by atoms with van der Waals surface area (Å²) in [5.41, 5.74) is 1.65. The summed E-state index contributed by atoms with van der Waals surface area (Å²) < 4.78 is 10.7. The second-order valence-corrected chi connectivity index (χ2v) is 4.14. The molecule has 5 heteroatoms. The Hall–Kier alpha value is -2.30. The number of aromatic nitrogens is 1. The standard InChI is InChI=1S/C14H15NO4/c1-9-14(10-3-5-11(18-2)6-4-10)19-12(15-9)7-8-13(16)17/h3-6H,7-8H2,1-2H3,(H,16,17). The molecule has 2 rings (SSSR count). The number of carboxylic acids is 1. The number of hydrogen-bond acceptors (Lipinski definition) is 4. The average Bonchev–Trinajstić information content (AvgIpc) is 2.78. The SMILES string of the molecule is COc1ccc(-c2oc(CCC(=O)O)nc2C)cc1. The van der Waals surface area contributed by atoms with E-state index in [0.29, 0.717) is 18.1 Å². The Morgan fingerprint density at radius 1 is 1.37 bits per heavy atom. The molecule has 0 unspecified atom stereocenters. The van der Waals surface area contributed by atoms with Crippen LogP contribution in [-0.2, 0) is 11.2 Å². The molecule has 5 nitrogen and oxygen atoms in total. The third-order valence-electron chi connectivity index (χ3n) is 2.75.